The molecule has 2 aromatic carbocycles. The van der Waals surface area contributed by atoms with Crippen LogP contribution in [0.1, 0.15) is 23.7 Å². The van der Waals surface area contributed by atoms with Crippen molar-refractivity contribution in [3.8, 4) is 5.75 Å². The predicted molar refractivity (Wildman–Crippen MR) is 94.1 cm³/mol. The van der Waals surface area contributed by atoms with Gasteiger partial charge in [0.2, 0.25) is 0 Å². The molecule has 0 aromatic heterocycles. The molecule has 2 aromatic rings. The highest BCUT2D eigenvalue weighted by molar-refractivity contribution is 5.73. The second kappa shape index (κ2) is 9.57. The fourth-order valence-electron chi connectivity index (χ4n) is 2.34. The zero-order valence-corrected chi connectivity index (χ0v) is 13.9. The first kappa shape index (κ1) is 17.8. The van der Waals surface area contributed by atoms with E-state index in [0.717, 1.165) is 23.3 Å². The zero-order chi connectivity index (χ0) is 17.2. The van der Waals surface area contributed by atoms with Crippen LogP contribution in [0.4, 0.5) is 4.79 Å². The number of hydrogen-bond donors (Lipinski definition) is 3. The van der Waals surface area contributed by atoms with Crippen molar-refractivity contribution in [1.29, 1.82) is 0 Å². The van der Waals surface area contributed by atoms with Crippen molar-refractivity contribution in [3.63, 3.8) is 0 Å². The second-order valence-corrected chi connectivity index (χ2v) is 5.50. The number of aliphatic hydroxyl groups excluding tert-OH is 1. The molecule has 5 heteroatoms. The summed E-state index contributed by atoms with van der Waals surface area (Å²) in [5, 5.41) is 15.6. The van der Waals surface area contributed by atoms with E-state index < -0.39 is 6.10 Å². The topological polar surface area (TPSA) is 70.6 Å². The predicted octanol–water partition coefficient (Wildman–Crippen LogP) is 2.66. The standard InChI is InChI=1S/C19H24N2O3/c1-24-17-9-7-15(8-10-17)11-13-20-19(23)21-14-12-18(22)16-5-3-2-4-6-16/h2-10,18,22H,11-14H2,1H3,(H2,20,21,23)/t18-/m0/s1. The average Bonchev–Trinajstić information content (AvgIpc) is 2.63. The summed E-state index contributed by atoms with van der Waals surface area (Å²) in [5.41, 5.74) is 2.00. The fourth-order valence-corrected chi connectivity index (χ4v) is 2.34. The summed E-state index contributed by atoms with van der Waals surface area (Å²) in [6.07, 6.45) is 0.672. The lowest BCUT2D eigenvalue weighted by molar-refractivity contribution is 0.167. The van der Waals surface area contributed by atoms with Crippen molar-refractivity contribution >= 4 is 6.03 Å². The molecular formula is C19H24N2O3. The monoisotopic (exact) mass is 328 g/mol. The van der Waals surface area contributed by atoms with Crippen molar-refractivity contribution in [3.05, 3.63) is 65.7 Å². The molecule has 24 heavy (non-hydrogen) atoms. The summed E-state index contributed by atoms with van der Waals surface area (Å²) in [6, 6.07) is 17.0. The van der Waals surface area contributed by atoms with Crippen molar-refractivity contribution in [2.45, 2.75) is 18.9 Å². The Bertz CT molecular complexity index is 614. The van der Waals surface area contributed by atoms with E-state index in [1.165, 1.54) is 0 Å². The third-order valence-electron chi connectivity index (χ3n) is 3.75. The number of rotatable bonds is 8. The molecule has 0 aliphatic rings. The Labute approximate surface area is 142 Å². The van der Waals surface area contributed by atoms with Gasteiger partial charge in [-0.1, -0.05) is 42.5 Å². The summed E-state index contributed by atoms with van der Waals surface area (Å²) < 4.78 is 5.11. The third kappa shape index (κ3) is 5.93. The van der Waals surface area contributed by atoms with E-state index >= 15 is 0 Å². The van der Waals surface area contributed by atoms with E-state index in [1.54, 1.807) is 7.11 Å². The number of carbonyl (C=O) groups excluding carboxylic acids is 1. The number of amides is 2. The number of methoxy groups -OCH3 is 1. The van der Waals surface area contributed by atoms with Crippen LogP contribution in [-0.2, 0) is 6.42 Å². The van der Waals surface area contributed by atoms with Gasteiger partial charge in [-0.15, -0.1) is 0 Å². The minimum atomic E-state index is -0.564. The highest BCUT2D eigenvalue weighted by Crippen LogP contribution is 2.14. The summed E-state index contributed by atoms with van der Waals surface area (Å²) in [4.78, 5) is 11.7. The van der Waals surface area contributed by atoms with Gasteiger partial charge in [0.25, 0.3) is 0 Å². The molecule has 0 saturated heterocycles. The zero-order valence-electron chi connectivity index (χ0n) is 13.9. The molecule has 0 radical (unpaired) electrons. The van der Waals surface area contributed by atoms with Crippen LogP contribution in [0.2, 0.25) is 0 Å². The van der Waals surface area contributed by atoms with Crippen molar-refractivity contribution in [2.75, 3.05) is 20.2 Å². The lowest BCUT2D eigenvalue weighted by atomic mass is 10.1. The molecule has 0 aliphatic heterocycles. The van der Waals surface area contributed by atoms with Gasteiger partial charge in [-0.25, -0.2) is 4.79 Å². The van der Waals surface area contributed by atoms with Crippen molar-refractivity contribution in [1.82, 2.24) is 10.6 Å². The first-order valence-corrected chi connectivity index (χ1v) is 8.06. The maximum absolute atomic E-state index is 11.7. The van der Waals surface area contributed by atoms with Crippen LogP contribution >= 0.6 is 0 Å². The smallest absolute Gasteiger partial charge is 0.314 e. The van der Waals surface area contributed by atoms with Gasteiger partial charge < -0.3 is 20.5 Å². The van der Waals surface area contributed by atoms with E-state index in [-0.39, 0.29) is 6.03 Å². The molecule has 0 bridgehead atoms. The summed E-state index contributed by atoms with van der Waals surface area (Å²) in [5.74, 6) is 0.821. The summed E-state index contributed by atoms with van der Waals surface area (Å²) >= 11 is 0. The molecule has 0 aliphatic carbocycles. The molecule has 5 nitrogen and oxygen atoms in total. The van der Waals surface area contributed by atoms with E-state index in [0.29, 0.717) is 19.5 Å². The quantitative estimate of drug-likeness (QED) is 0.698. The molecule has 0 heterocycles. The number of nitrogens with one attached hydrogen (secondary N) is 2. The molecule has 2 amide bonds. The lowest BCUT2D eigenvalue weighted by Crippen LogP contribution is -2.37. The summed E-state index contributed by atoms with van der Waals surface area (Å²) in [7, 11) is 1.63. The van der Waals surface area contributed by atoms with E-state index in [9.17, 15) is 9.90 Å². The molecule has 0 saturated carbocycles. The number of hydrogen-bond acceptors (Lipinski definition) is 3. The second-order valence-electron chi connectivity index (χ2n) is 5.50. The van der Waals surface area contributed by atoms with Gasteiger partial charge in [0.15, 0.2) is 0 Å². The van der Waals surface area contributed by atoms with Crippen LogP contribution in [0, 0.1) is 0 Å². The highest BCUT2D eigenvalue weighted by atomic mass is 16.5. The van der Waals surface area contributed by atoms with Gasteiger partial charge in [0, 0.05) is 13.1 Å². The van der Waals surface area contributed by atoms with E-state index in [4.69, 9.17) is 4.74 Å². The Balaban J connectivity index is 1.61. The van der Waals surface area contributed by atoms with Crippen LogP contribution in [0.5, 0.6) is 5.75 Å². The SMILES string of the molecule is COc1ccc(CCNC(=O)NCC[C@H](O)c2ccccc2)cc1. The Morgan fingerprint density at radius 3 is 2.38 bits per heavy atom. The molecule has 2 rings (SSSR count). The Morgan fingerprint density at radius 2 is 1.71 bits per heavy atom. The number of urea groups is 1. The van der Waals surface area contributed by atoms with Crippen LogP contribution in [-0.4, -0.2) is 31.3 Å². The van der Waals surface area contributed by atoms with Crippen LogP contribution in [0.25, 0.3) is 0 Å². The van der Waals surface area contributed by atoms with Crippen molar-refractivity contribution in [2.24, 2.45) is 0 Å². The minimum Gasteiger partial charge on any atom is -0.497 e. The third-order valence-corrected chi connectivity index (χ3v) is 3.75. The largest absolute Gasteiger partial charge is 0.497 e. The van der Waals surface area contributed by atoms with Crippen LogP contribution in [0.3, 0.4) is 0 Å². The lowest BCUT2D eigenvalue weighted by Gasteiger charge is -2.12. The van der Waals surface area contributed by atoms with Crippen LogP contribution < -0.4 is 15.4 Å². The minimum absolute atomic E-state index is 0.219. The average molecular weight is 328 g/mol. The Kier molecular flexibility index (Phi) is 7.11. The Morgan fingerprint density at radius 1 is 1.04 bits per heavy atom. The maximum atomic E-state index is 11.7. The number of carbonyl (C=O) groups is 1. The summed E-state index contributed by atoms with van der Waals surface area (Å²) in [6.45, 7) is 0.976. The number of ether oxygens (including phenoxy) is 1. The molecule has 0 unspecified atom stereocenters. The van der Waals surface area contributed by atoms with Gasteiger partial charge in [-0.2, -0.15) is 0 Å². The van der Waals surface area contributed by atoms with Crippen molar-refractivity contribution < 1.29 is 14.6 Å². The van der Waals surface area contributed by atoms with Gasteiger partial charge in [-0.05, 0) is 36.1 Å². The molecule has 3 N–H and O–H groups in total. The van der Waals surface area contributed by atoms with E-state index in [2.05, 4.69) is 10.6 Å². The first-order valence-electron chi connectivity index (χ1n) is 8.06. The Hall–Kier alpha value is -2.53. The molecule has 1 atom stereocenters. The highest BCUT2D eigenvalue weighted by Gasteiger charge is 2.07. The van der Waals surface area contributed by atoms with Gasteiger partial charge in [-0.3, -0.25) is 0 Å². The van der Waals surface area contributed by atoms with E-state index in [1.807, 2.05) is 54.6 Å². The fraction of sp³-hybridized carbons (Fsp3) is 0.316. The van der Waals surface area contributed by atoms with Crippen LogP contribution in [0.15, 0.2) is 54.6 Å². The molecule has 0 spiro atoms. The molecule has 128 valence electrons. The normalized spacial score (nSPS) is 11.6. The molecule has 0 fully saturated rings. The first-order chi connectivity index (χ1) is 11.7. The maximum Gasteiger partial charge on any atom is 0.314 e. The molecular weight excluding hydrogens is 304 g/mol. The van der Waals surface area contributed by atoms with Gasteiger partial charge in [0.05, 0.1) is 13.2 Å². The van der Waals surface area contributed by atoms with Gasteiger partial charge >= 0.3 is 6.03 Å². The van der Waals surface area contributed by atoms with Gasteiger partial charge in [0.1, 0.15) is 5.75 Å². The number of aliphatic hydroxyl groups is 1. The number of benzene rings is 2.